The van der Waals surface area contributed by atoms with Gasteiger partial charge in [0.25, 0.3) is 0 Å². The van der Waals surface area contributed by atoms with Gasteiger partial charge in [0.2, 0.25) is 0 Å². The van der Waals surface area contributed by atoms with Gasteiger partial charge in [0.05, 0.1) is 24.9 Å². The molecule has 15 heavy (non-hydrogen) atoms. The molecule has 0 radical (unpaired) electrons. The molecule has 5 heteroatoms. The zero-order valence-corrected chi connectivity index (χ0v) is 9.30. The number of rotatable bonds is 4. The van der Waals surface area contributed by atoms with Crippen molar-refractivity contribution in [3.63, 3.8) is 0 Å². The summed E-state index contributed by atoms with van der Waals surface area (Å²) in [6.45, 7) is 0.0859. The Morgan fingerprint density at radius 2 is 2.20 bits per heavy atom. The Bertz CT molecular complexity index is 355. The summed E-state index contributed by atoms with van der Waals surface area (Å²) < 4.78 is 9.48. The van der Waals surface area contributed by atoms with Crippen molar-refractivity contribution < 1.29 is 14.3 Å². The van der Waals surface area contributed by atoms with E-state index in [2.05, 4.69) is 10.1 Å². The third kappa shape index (κ3) is 3.32. The van der Waals surface area contributed by atoms with Crippen LogP contribution in [0.2, 0.25) is 5.02 Å². The highest BCUT2D eigenvalue weighted by molar-refractivity contribution is 6.33. The lowest BCUT2D eigenvalue weighted by Gasteiger charge is -2.08. The number of methoxy groups -OCH3 is 2. The molecule has 0 aliphatic heterocycles. The lowest BCUT2D eigenvalue weighted by Crippen LogP contribution is -2.15. The van der Waals surface area contributed by atoms with E-state index < -0.39 is 0 Å². The fourth-order valence-electron chi connectivity index (χ4n) is 1.01. The summed E-state index contributed by atoms with van der Waals surface area (Å²) in [5, 5.41) is 3.35. The molecule has 0 unspecified atom stereocenters. The number of benzene rings is 1. The quantitative estimate of drug-likeness (QED) is 0.802. The Morgan fingerprint density at radius 1 is 1.47 bits per heavy atom. The number of anilines is 1. The van der Waals surface area contributed by atoms with Crippen molar-refractivity contribution in [2.24, 2.45) is 0 Å². The van der Waals surface area contributed by atoms with E-state index in [9.17, 15) is 4.79 Å². The maximum atomic E-state index is 10.9. The molecule has 0 aromatic heterocycles. The highest BCUT2D eigenvalue weighted by Gasteiger charge is 2.04. The summed E-state index contributed by atoms with van der Waals surface area (Å²) in [5.74, 6) is 0.325. The van der Waals surface area contributed by atoms with Crippen LogP contribution >= 0.6 is 11.6 Å². The van der Waals surface area contributed by atoms with E-state index >= 15 is 0 Å². The maximum Gasteiger partial charge on any atom is 0.325 e. The SMILES string of the molecule is COC(=O)CNc1ccc(OC)cc1Cl. The summed E-state index contributed by atoms with van der Waals surface area (Å²) in [6, 6.07) is 5.16. The number of carbonyl (C=O) groups excluding carboxylic acids is 1. The van der Waals surface area contributed by atoms with Gasteiger partial charge in [-0.05, 0) is 12.1 Å². The largest absolute Gasteiger partial charge is 0.497 e. The van der Waals surface area contributed by atoms with Crippen LogP contribution in [-0.4, -0.2) is 26.7 Å². The van der Waals surface area contributed by atoms with Gasteiger partial charge < -0.3 is 14.8 Å². The van der Waals surface area contributed by atoms with E-state index in [0.717, 1.165) is 0 Å². The molecule has 0 aliphatic carbocycles. The van der Waals surface area contributed by atoms with Gasteiger partial charge in [-0.3, -0.25) is 4.79 Å². The highest BCUT2D eigenvalue weighted by Crippen LogP contribution is 2.26. The number of hydrogen-bond acceptors (Lipinski definition) is 4. The molecule has 1 aromatic carbocycles. The molecule has 1 aromatic rings. The van der Waals surface area contributed by atoms with Gasteiger partial charge in [-0.2, -0.15) is 0 Å². The topological polar surface area (TPSA) is 47.6 Å². The first kappa shape index (κ1) is 11.7. The fraction of sp³-hybridized carbons (Fsp3) is 0.300. The first-order chi connectivity index (χ1) is 7.17. The van der Waals surface area contributed by atoms with Crippen molar-refractivity contribution >= 4 is 23.3 Å². The number of ether oxygens (including phenoxy) is 2. The van der Waals surface area contributed by atoms with Gasteiger partial charge in [0.1, 0.15) is 12.3 Å². The molecule has 4 nitrogen and oxygen atoms in total. The molecule has 0 spiro atoms. The van der Waals surface area contributed by atoms with E-state index in [-0.39, 0.29) is 12.5 Å². The van der Waals surface area contributed by atoms with Crippen LogP contribution in [0.25, 0.3) is 0 Å². The second-order valence-corrected chi connectivity index (χ2v) is 3.18. The van der Waals surface area contributed by atoms with Crippen LogP contribution in [0.15, 0.2) is 18.2 Å². The Balaban J connectivity index is 2.66. The first-order valence-electron chi connectivity index (χ1n) is 4.31. The van der Waals surface area contributed by atoms with Crippen LogP contribution in [0.5, 0.6) is 5.75 Å². The minimum Gasteiger partial charge on any atom is -0.497 e. The van der Waals surface area contributed by atoms with Crippen LogP contribution in [0, 0.1) is 0 Å². The van der Waals surface area contributed by atoms with Gasteiger partial charge in [-0.1, -0.05) is 11.6 Å². The minimum atomic E-state index is -0.345. The predicted octanol–water partition coefficient (Wildman–Crippen LogP) is 1.93. The predicted molar refractivity (Wildman–Crippen MR) is 58.5 cm³/mol. The van der Waals surface area contributed by atoms with Gasteiger partial charge >= 0.3 is 5.97 Å². The summed E-state index contributed by atoms with van der Waals surface area (Å²) in [6.07, 6.45) is 0. The van der Waals surface area contributed by atoms with Gasteiger partial charge in [0, 0.05) is 6.07 Å². The molecule has 0 aliphatic rings. The van der Waals surface area contributed by atoms with Gasteiger partial charge in [0.15, 0.2) is 0 Å². The molecule has 82 valence electrons. The van der Waals surface area contributed by atoms with Crippen molar-refractivity contribution in [3.8, 4) is 5.75 Å². The average molecular weight is 230 g/mol. The fourth-order valence-corrected chi connectivity index (χ4v) is 1.24. The molecule has 0 bridgehead atoms. The summed E-state index contributed by atoms with van der Waals surface area (Å²) in [7, 11) is 2.90. The number of hydrogen-bond donors (Lipinski definition) is 1. The van der Waals surface area contributed by atoms with Crippen molar-refractivity contribution in [3.05, 3.63) is 23.2 Å². The Morgan fingerprint density at radius 3 is 2.73 bits per heavy atom. The third-order valence-electron chi connectivity index (χ3n) is 1.83. The van der Waals surface area contributed by atoms with E-state index in [0.29, 0.717) is 16.5 Å². The van der Waals surface area contributed by atoms with Crippen LogP contribution in [0.3, 0.4) is 0 Å². The number of halogens is 1. The number of esters is 1. The molecule has 0 amide bonds. The smallest absolute Gasteiger partial charge is 0.325 e. The summed E-state index contributed by atoms with van der Waals surface area (Å²) in [5.41, 5.74) is 0.669. The Hall–Kier alpha value is -1.42. The standard InChI is InChI=1S/C10H12ClNO3/c1-14-7-3-4-9(8(11)5-7)12-6-10(13)15-2/h3-5,12H,6H2,1-2H3. The average Bonchev–Trinajstić information content (AvgIpc) is 2.26. The molecule has 1 N–H and O–H groups in total. The molecule has 0 fully saturated rings. The molecule has 0 saturated heterocycles. The monoisotopic (exact) mass is 229 g/mol. The molecular formula is C10H12ClNO3. The Labute approximate surface area is 93.1 Å². The third-order valence-corrected chi connectivity index (χ3v) is 2.14. The van der Waals surface area contributed by atoms with E-state index in [1.165, 1.54) is 7.11 Å². The molecule has 0 heterocycles. The maximum absolute atomic E-state index is 10.9. The van der Waals surface area contributed by atoms with Crippen molar-refractivity contribution in [2.45, 2.75) is 0 Å². The normalized spacial score (nSPS) is 9.53. The number of carbonyl (C=O) groups is 1. The second kappa shape index (κ2) is 5.46. The van der Waals surface area contributed by atoms with Crippen molar-refractivity contribution in [2.75, 3.05) is 26.1 Å². The zero-order chi connectivity index (χ0) is 11.3. The van der Waals surface area contributed by atoms with Crippen LogP contribution in [-0.2, 0) is 9.53 Å². The summed E-state index contributed by atoms with van der Waals surface area (Å²) >= 11 is 5.94. The molecular weight excluding hydrogens is 218 g/mol. The van der Waals surface area contributed by atoms with Crippen LogP contribution in [0.1, 0.15) is 0 Å². The van der Waals surface area contributed by atoms with Gasteiger partial charge in [-0.15, -0.1) is 0 Å². The second-order valence-electron chi connectivity index (χ2n) is 2.78. The Kier molecular flexibility index (Phi) is 4.24. The zero-order valence-electron chi connectivity index (χ0n) is 8.54. The highest BCUT2D eigenvalue weighted by atomic mass is 35.5. The van der Waals surface area contributed by atoms with E-state index in [1.807, 2.05) is 0 Å². The lowest BCUT2D eigenvalue weighted by atomic mass is 10.3. The van der Waals surface area contributed by atoms with E-state index in [4.69, 9.17) is 16.3 Å². The summed E-state index contributed by atoms with van der Waals surface area (Å²) in [4.78, 5) is 10.9. The lowest BCUT2D eigenvalue weighted by molar-refractivity contribution is -0.138. The molecule has 0 atom stereocenters. The minimum absolute atomic E-state index is 0.0859. The molecule has 0 saturated carbocycles. The first-order valence-corrected chi connectivity index (χ1v) is 4.69. The molecule has 1 rings (SSSR count). The van der Waals surface area contributed by atoms with Crippen molar-refractivity contribution in [1.29, 1.82) is 0 Å². The van der Waals surface area contributed by atoms with Crippen molar-refractivity contribution in [1.82, 2.24) is 0 Å². The van der Waals surface area contributed by atoms with E-state index in [1.54, 1.807) is 25.3 Å². The van der Waals surface area contributed by atoms with Crippen LogP contribution < -0.4 is 10.1 Å². The van der Waals surface area contributed by atoms with Crippen LogP contribution in [0.4, 0.5) is 5.69 Å². The number of nitrogens with one attached hydrogen (secondary N) is 1. The van der Waals surface area contributed by atoms with Gasteiger partial charge in [-0.25, -0.2) is 0 Å².